The van der Waals surface area contributed by atoms with Crippen LogP contribution in [0.15, 0.2) is 36.8 Å². The third kappa shape index (κ3) is 2.64. The zero-order chi connectivity index (χ0) is 16.7. The molecule has 0 bridgehead atoms. The molecule has 0 unspecified atom stereocenters. The molecular weight excluding hydrogens is 322 g/mol. The minimum atomic E-state index is 0.442. The van der Waals surface area contributed by atoms with E-state index in [1.165, 1.54) is 0 Å². The second-order valence-electron chi connectivity index (χ2n) is 6.47. The van der Waals surface area contributed by atoms with Crippen LogP contribution in [0.1, 0.15) is 18.9 Å². The Hall–Kier alpha value is -2.11. The zero-order valence-electron chi connectivity index (χ0n) is 13.6. The van der Waals surface area contributed by atoms with Crippen molar-refractivity contribution in [2.45, 2.75) is 18.9 Å². The lowest BCUT2D eigenvalue weighted by Gasteiger charge is -2.30. The maximum absolute atomic E-state index is 6.42. The summed E-state index contributed by atoms with van der Waals surface area (Å²) in [6.45, 7) is 2.20. The van der Waals surface area contributed by atoms with Gasteiger partial charge in [0.05, 0.1) is 5.39 Å². The van der Waals surface area contributed by atoms with Crippen molar-refractivity contribution in [1.29, 1.82) is 0 Å². The second kappa shape index (κ2) is 6.07. The number of hydrogen-bond acceptors (Lipinski definition) is 4. The molecule has 0 saturated carbocycles. The van der Waals surface area contributed by atoms with Gasteiger partial charge in [-0.3, -0.25) is 0 Å². The summed E-state index contributed by atoms with van der Waals surface area (Å²) in [5, 5.41) is 1.42. The lowest BCUT2D eigenvalue weighted by atomic mass is 10.1. The summed E-state index contributed by atoms with van der Waals surface area (Å²) >= 11 is 6.42. The normalized spacial score (nSPS) is 16.8. The Balaban J connectivity index is 1.87. The van der Waals surface area contributed by atoms with E-state index in [-0.39, 0.29) is 0 Å². The molecule has 0 aliphatic carbocycles. The molecule has 3 heterocycles. The fraction of sp³-hybridized carbons (Fsp3) is 0.333. The van der Waals surface area contributed by atoms with E-state index < -0.39 is 0 Å². The number of nitrogens with zero attached hydrogens (tertiary/aromatic N) is 4. The van der Waals surface area contributed by atoms with Gasteiger partial charge in [0.15, 0.2) is 0 Å². The topological polar surface area (TPSA) is 60.0 Å². The lowest BCUT2D eigenvalue weighted by molar-refractivity contribution is 0.224. The summed E-state index contributed by atoms with van der Waals surface area (Å²) in [6, 6.07) is 8.30. The van der Waals surface area contributed by atoms with Crippen molar-refractivity contribution >= 4 is 28.3 Å². The van der Waals surface area contributed by atoms with Gasteiger partial charge >= 0.3 is 0 Å². The Kier molecular flexibility index (Phi) is 3.90. The van der Waals surface area contributed by atoms with E-state index in [1.807, 2.05) is 24.3 Å². The minimum Gasteiger partial charge on any atom is -0.399 e. The van der Waals surface area contributed by atoms with Crippen molar-refractivity contribution in [3.8, 4) is 11.1 Å². The van der Waals surface area contributed by atoms with Gasteiger partial charge in [-0.2, -0.15) is 0 Å². The molecule has 0 atom stereocenters. The summed E-state index contributed by atoms with van der Waals surface area (Å²) in [5.41, 5.74) is 9.63. The highest BCUT2D eigenvalue weighted by molar-refractivity contribution is 6.35. The zero-order valence-corrected chi connectivity index (χ0v) is 14.4. The Morgan fingerprint density at radius 3 is 2.54 bits per heavy atom. The molecule has 3 aromatic rings. The molecular formula is C18H20ClN5. The molecule has 1 aliphatic heterocycles. The van der Waals surface area contributed by atoms with Gasteiger partial charge in [0, 0.05) is 23.5 Å². The standard InChI is InChI=1S/C18H20ClN5/c1-23-8-6-14(7-9-23)24-10-15(12-2-4-13(20)5-3-12)16-17(19)21-11-22-18(16)24/h2-5,10-11,14H,6-9,20H2,1H3. The van der Waals surface area contributed by atoms with Crippen LogP contribution in [0.25, 0.3) is 22.2 Å². The fourth-order valence-corrected chi connectivity index (χ4v) is 3.71. The van der Waals surface area contributed by atoms with E-state index in [0.29, 0.717) is 11.2 Å². The number of nitrogens with two attached hydrogens (primary N) is 1. The van der Waals surface area contributed by atoms with Crippen molar-refractivity contribution in [3.05, 3.63) is 41.9 Å². The van der Waals surface area contributed by atoms with Crippen LogP contribution in [-0.4, -0.2) is 39.6 Å². The smallest absolute Gasteiger partial charge is 0.145 e. The second-order valence-corrected chi connectivity index (χ2v) is 6.83. The first-order chi connectivity index (χ1) is 11.6. The molecule has 5 nitrogen and oxygen atoms in total. The molecule has 4 rings (SSSR count). The Bertz CT molecular complexity index is 863. The number of benzene rings is 1. The van der Waals surface area contributed by atoms with Crippen molar-refractivity contribution in [1.82, 2.24) is 19.4 Å². The Morgan fingerprint density at radius 2 is 1.83 bits per heavy atom. The predicted octanol–water partition coefficient (Wildman–Crippen LogP) is 3.60. The highest BCUT2D eigenvalue weighted by Gasteiger charge is 2.23. The molecule has 124 valence electrons. The van der Waals surface area contributed by atoms with Crippen molar-refractivity contribution < 1.29 is 0 Å². The number of likely N-dealkylation sites (tertiary alicyclic amines) is 1. The number of hydrogen-bond donors (Lipinski definition) is 1. The van der Waals surface area contributed by atoms with Gasteiger partial charge in [-0.1, -0.05) is 23.7 Å². The first kappa shape index (κ1) is 15.4. The van der Waals surface area contributed by atoms with Gasteiger partial charge in [-0.25, -0.2) is 9.97 Å². The summed E-state index contributed by atoms with van der Waals surface area (Å²) in [6.07, 6.45) is 5.95. The maximum Gasteiger partial charge on any atom is 0.145 e. The monoisotopic (exact) mass is 341 g/mol. The molecule has 6 heteroatoms. The van der Waals surface area contributed by atoms with Crippen LogP contribution in [-0.2, 0) is 0 Å². The van der Waals surface area contributed by atoms with E-state index in [9.17, 15) is 0 Å². The number of aromatic nitrogens is 3. The van der Waals surface area contributed by atoms with Gasteiger partial charge in [0.25, 0.3) is 0 Å². The molecule has 24 heavy (non-hydrogen) atoms. The summed E-state index contributed by atoms with van der Waals surface area (Å²) in [4.78, 5) is 11.1. The first-order valence-corrected chi connectivity index (χ1v) is 8.57. The molecule has 2 aromatic heterocycles. The molecule has 2 N–H and O–H groups in total. The van der Waals surface area contributed by atoms with Crippen LogP contribution >= 0.6 is 11.6 Å². The van der Waals surface area contributed by atoms with Gasteiger partial charge in [-0.05, 0) is 50.7 Å². The third-order valence-electron chi connectivity index (χ3n) is 4.87. The van der Waals surface area contributed by atoms with Crippen molar-refractivity contribution in [2.24, 2.45) is 0 Å². The fourth-order valence-electron chi connectivity index (χ4n) is 3.48. The van der Waals surface area contributed by atoms with E-state index in [1.54, 1.807) is 6.33 Å². The quantitative estimate of drug-likeness (QED) is 0.571. The van der Waals surface area contributed by atoms with Gasteiger partial charge in [0.1, 0.15) is 17.1 Å². The molecule has 0 spiro atoms. The SMILES string of the molecule is CN1CCC(n2cc(-c3ccc(N)cc3)c3c(Cl)ncnc32)CC1. The van der Waals surface area contributed by atoms with E-state index >= 15 is 0 Å². The van der Waals surface area contributed by atoms with Gasteiger partial charge < -0.3 is 15.2 Å². The molecule has 1 fully saturated rings. The molecule has 0 radical (unpaired) electrons. The highest BCUT2D eigenvalue weighted by atomic mass is 35.5. The molecule has 1 aliphatic rings. The first-order valence-electron chi connectivity index (χ1n) is 8.19. The summed E-state index contributed by atoms with van der Waals surface area (Å²) in [5.74, 6) is 0. The van der Waals surface area contributed by atoms with Crippen LogP contribution in [0.4, 0.5) is 5.69 Å². The molecule has 1 saturated heterocycles. The Morgan fingerprint density at radius 1 is 1.12 bits per heavy atom. The minimum absolute atomic E-state index is 0.442. The average molecular weight is 342 g/mol. The summed E-state index contributed by atoms with van der Waals surface area (Å²) < 4.78 is 2.28. The lowest BCUT2D eigenvalue weighted by Crippen LogP contribution is -2.31. The number of rotatable bonds is 2. The Labute approximate surface area is 146 Å². The van der Waals surface area contributed by atoms with E-state index in [0.717, 1.165) is 53.8 Å². The van der Waals surface area contributed by atoms with Crippen molar-refractivity contribution in [2.75, 3.05) is 25.9 Å². The number of halogens is 1. The van der Waals surface area contributed by atoms with E-state index in [2.05, 4.69) is 32.7 Å². The van der Waals surface area contributed by atoms with Crippen LogP contribution in [0, 0.1) is 0 Å². The van der Waals surface area contributed by atoms with E-state index in [4.69, 9.17) is 17.3 Å². The maximum atomic E-state index is 6.42. The predicted molar refractivity (Wildman–Crippen MR) is 98.2 cm³/mol. The van der Waals surface area contributed by atoms with Crippen molar-refractivity contribution in [3.63, 3.8) is 0 Å². The number of nitrogen functional groups attached to an aromatic ring is 1. The number of anilines is 1. The number of fused-ring (bicyclic) bond motifs is 1. The van der Waals surface area contributed by atoms with Crippen LogP contribution in [0.5, 0.6) is 0 Å². The average Bonchev–Trinajstić information content (AvgIpc) is 2.97. The largest absolute Gasteiger partial charge is 0.399 e. The molecule has 1 aromatic carbocycles. The van der Waals surface area contributed by atoms with Crippen LogP contribution < -0.4 is 5.73 Å². The number of piperidine rings is 1. The molecule has 0 amide bonds. The summed E-state index contributed by atoms with van der Waals surface area (Å²) in [7, 11) is 2.17. The van der Waals surface area contributed by atoms with Crippen LogP contribution in [0.2, 0.25) is 5.15 Å². The van der Waals surface area contributed by atoms with Crippen LogP contribution in [0.3, 0.4) is 0 Å². The van der Waals surface area contributed by atoms with Gasteiger partial charge in [-0.15, -0.1) is 0 Å². The van der Waals surface area contributed by atoms with Gasteiger partial charge in [0.2, 0.25) is 0 Å². The highest BCUT2D eigenvalue weighted by Crippen LogP contribution is 2.37. The third-order valence-corrected chi connectivity index (χ3v) is 5.15.